The van der Waals surface area contributed by atoms with Gasteiger partial charge in [-0.25, -0.2) is 8.78 Å². The van der Waals surface area contributed by atoms with Crippen molar-refractivity contribution in [3.63, 3.8) is 0 Å². The van der Waals surface area contributed by atoms with Gasteiger partial charge in [-0.05, 0) is 11.4 Å². The van der Waals surface area contributed by atoms with E-state index in [1.165, 1.54) is 11.3 Å². The average Bonchev–Trinajstić information content (AvgIpc) is 3.25. The molecular weight excluding hydrogens is 330 g/mol. The van der Waals surface area contributed by atoms with Crippen molar-refractivity contribution in [3.8, 4) is 11.5 Å². The van der Waals surface area contributed by atoms with E-state index in [9.17, 15) is 13.6 Å². The molecule has 0 bridgehead atoms. The van der Waals surface area contributed by atoms with Crippen molar-refractivity contribution in [2.24, 2.45) is 0 Å². The number of rotatable bonds is 6. The Hall–Kier alpha value is -2.69. The summed E-state index contributed by atoms with van der Waals surface area (Å²) in [5.74, 6) is -0.547. The summed E-state index contributed by atoms with van der Waals surface area (Å²) < 4.78 is 30.1. The minimum absolute atomic E-state index is 0.0316. The van der Waals surface area contributed by atoms with Crippen molar-refractivity contribution in [2.45, 2.75) is 19.3 Å². The maximum absolute atomic E-state index is 12.3. The fourth-order valence-corrected chi connectivity index (χ4v) is 2.32. The molecule has 0 fully saturated rings. The quantitative estimate of drug-likeness (QED) is 0.713. The monoisotopic (exact) mass is 340 g/mol. The summed E-state index contributed by atoms with van der Waals surface area (Å²) in [4.78, 5) is 15.2. The highest BCUT2D eigenvalue weighted by Gasteiger charge is 2.15. The van der Waals surface area contributed by atoms with Crippen LogP contribution >= 0.6 is 11.3 Å². The number of amides is 1. The van der Waals surface area contributed by atoms with Crippen molar-refractivity contribution >= 4 is 23.2 Å². The molecule has 1 amide bonds. The average molecular weight is 340 g/mol. The highest BCUT2D eigenvalue weighted by molar-refractivity contribution is 7.08. The van der Waals surface area contributed by atoms with E-state index in [0.717, 1.165) is 5.56 Å². The van der Waals surface area contributed by atoms with Gasteiger partial charge in [-0.2, -0.15) is 16.3 Å². The van der Waals surface area contributed by atoms with Crippen molar-refractivity contribution in [3.05, 3.63) is 28.5 Å². The number of aryl methyl sites for hydroxylation is 1. The number of nitrogens with one attached hydrogen (secondary N) is 2. The van der Waals surface area contributed by atoms with Crippen LogP contribution in [0.4, 0.5) is 14.7 Å². The van der Waals surface area contributed by atoms with Gasteiger partial charge in [0, 0.05) is 23.8 Å². The number of hydrogen-bond acceptors (Lipinski definition) is 7. The number of aromatic nitrogens is 5. The number of carbonyl (C=O) groups excluding carboxylic acids is 1. The summed E-state index contributed by atoms with van der Waals surface area (Å²) in [5.41, 5.74) is 0.818. The van der Waals surface area contributed by atoms with Crippen molar-refractivity contribution < 1.29 is 18.0 Å². The SMILES string of the molecule is O=C(CCc1nnc(-c2ccsc2)o1)Nc1n[nH]c(C(F)F)n1. The van der Waals surface area contributed by atoms with Gasteiger partial charge in [0.05, 0.1) is 0 Å². The fourth-order valence-electron chi connectivity index (χ4n) is 1.69. The van der Waals surface area contributed by atoms with Crippen molar-refractivity contribution in [2.75, 3.05) is 5.32 Å². The summed E-state index contributed by atoms with van der Waals surface area (Å²) in [7, 11) is 0. The molecule has 2 N–H and O–H groups in total. The molecule has 0 aliphatic carbocycles. The second kappa shape index (κ2) is 6.60. The second-order valence-corrected chi connectivity index (χ2v) is 5.19. The van der Waals surface area contributed by atoms with Crippen molar-refractivity contribution in [1.82, 2.24) is 25.4 Å². The Labute approximate surface area is 132 Å². The summed E-state index contributed by atoms with van der Waals surface area (Å²) in [6.07, 6.45) is -2.53. The molecular formula is C12H10F2N6O2S. The molecule has 0 saturated carbocycles. The first-order valence-corrected chi connectivity index (χ1v) is 7.41. The molecule has 0 unspecified atom stereocenters. The third-order valence-corrected chi connectivity index (χ3v) is 3.44. The number of alkyl halides is 2. The van der Waals surface area contributed by atoms with Crippen LogP contribution in [0.15, 0.2) is 21.2 Å². The molecule has 3 rings (SSSR count). The molecule has 0 atom stereocenters. The summed E-state index contributed by atoms with van der Waals surface area (Å²) in [6, 6.07) is 1.85. The Kier molecular flexibility index (Phi) is 4.37. The van der Waals surface area contributed by atoms with E-state index in [4.69, 9.17) is 4.42 Å². The van der Waals surface area contributed by atoms with Gasteiger partial charge in [0.2, 0.25) is 23.6 Å². The van der Waals surface area contributed by atoms with Crippen LogP contribution in [0.2, 0.25) is 0 Å². The van der Waals surface area contributed by atoms with E-state index in [1.807, 2.05) is 21.9 Å². The van der Waals surface area contributed by atoms with Crippen LogP contribution in [0.25, 0.3) is 11.5 Å². The minimum atomic E-state index is -2.78. The maximum atomic E-state index is 12.3. The lowest BCUT2D eigenvalue weighted by Gasteiger charge is -1.98. The first-order valence-electron chi connectivity index (χ1n) is 6.47. The topological polar surface area (TPSA) is 110 Å². The van der Waals surface area contributed by atoms with E-state index in [1.54, 1.807) is 0 Å². The van der Waals surface area contributed by atoms with E-state index in [-0.39, 0.29) is 18.8 Å². The van der Waals surface area contributed by atoms with Gasteiger partial charge in [-0.15, -0.1) is 15.3 Å². The summed E-state index contributed by atoms with van der Waals surface area (Å²) >= 11 is 1.50. The largest absolute Gasteiger partial charge is 0.421 e. The molecule has 3 aromatic heterocycles. The van der Waals surface area contributed by atoms with Crippen LogP contribution in [-0.4, -0.2) is 31.3 Å². The smallest absolute Gasteiger partial charge is 0.296 e. The number of thiophene rings is 1. The Morgan fingerprint density at radius 3 is 3.00 bits per heavy atom. The number of aromatic amines is 1. The highest BCUT2D eigenvalue weighted by atomic mass is 32.1. The molecule has 0 spiro atoms. The van der Waals surface area contributed by atoms with Crippen LogP contribution in [0.5, 0.6) is 0 Å². The number of H-pyrrole nitrogens is 1. The number of nitrogens with zero attached hydrogens (tertiary/aromatic N) is 4. The Balaban J connectivity index is 1.52. The second-order valence-electron chi connectivity index (χ2n) is 4.41. The zero-order chi connectivity index (χ0) is 16.2. The summed E-state index contributed by atoms with van der Waals surface area (Å²) in [6.45, 7) is 0. The summed E-state index contributed by atoms with van der Waals surface area (Å²) in [5, 5.41) is 19.3. The molecule has 0 aromatic carbocycles. The van der Waals surface area contributed by atoms with Gasteiger partial charge in [-0.3, -0.25) is 15.2 Å². The van der Waals surface area contributed by atoms with Crippen LogP contribution in [0, 0.1) is 0 Å². The first-order chi connectivity index (χ1) is 11.1. The van der Waals surface area contributed by atoms with Gasteiger partial charge >= 0.3 is 0 Å². The fraction of sp³-hybridized carbons (Fsp3) is 0.250. The van der Waals surface area contributed by atoms with Crippen molar-refractivity contribution in [1.29, 1.82) is 0 Å². The van der Waals surface area contributed by atoms with Gasteiger partial charge in [0.1, 0.15) is 0 Å². The normalized spacial score (nSPS) is 11.1. The lowest BCUT2D eigenvalue weighted by molar-refractivity contribution is -0.116. The molecule has 3 heterocycles. The maximum Gasteiger partial charge on any atom is 0.296 e. The number of hydrogen-bond donors (Lipinski definition) is 2. The van der Waals surface area contributed by atoms with Crippen LogP contribution in [-0.2, 0) is 11.2 Å². The van der Waals surface area contributed by atoms with E-state index >= 15 is 0 Å². The lowest BCUT2D eigenvalue weighted by Crippen LogP contribution is -2.13. The molecule has 120 valence electrons. The predicted molar refractivity (Wildman–Crippen MR) is 75.9 cm³/mol. The van der Waals surface area contributed by atoms with Crippen LogP contribution in [0.3, 0.4) is 0 Å². The van der Waals surface area contributed by atoms with Gasteiger partial charge in [0.15, 0.2) is 5.82 Å². The number of anilines is 1. The molecule has 11 heteroatoms. The van der Waals surface area contributed by atoms with Gasteiger partial charge in [-0.1, -0.05) is 0 Å². The molecule has 0 saturated heterocycles. The van der Waals surface area contributed by atoms with Crippen LogP contribution in [0.1, 0.15) is 24.6 Å². The Bertz CT molecular complexity index is 785. The molecule has 23 heavy (non-hydrogen) atoms. The van der Waals surface area contributed by atoms with Gasteiger partial charge in [0.25, 0.3) is 6.43 Å². The zero-order valence-electron chi connectivity index (χ0n) is 11.5. The standard InChI is InChI=1S/C12H10F2N6O2S/c13-9(14)10-16-12(20-18-10)15-7(21)1-2-8-17-19-11(22-8)6-3-4-23-5-6/h3-5,9H,1-2H2,(H2,15,16,18,20,21). The van der Waals surface area contributed by atoms with E-state index in [2.05, 4.69) is 25.6 Å². The number of halogens is 2. The predicted octanol–water partition coefficient (Wildman–Crippen LogP) is 2.43. The van der Waals surface area contributed by atoms with Gasteiger partial charge < -0.3 is 4.42 Å². The molecule has 3 aromatic rings. The molecule has 0 radical (unpaired) electrons. The zero-order valence-corrected chi connectivity index (χ0v) is 12.3. The first kappa shape index (κ1) is 15.2. The number of carbonyl (C=O) groups is 1. The molecule has 0 aliphatic rings. The molecule has 0 aliphatic heterocycles. The Morgan fingerprint density at radius 1 is 1.43 bits per heavy atom. The van der Waals surface area contributed by atoms with Crippen LogP contribution < -0.4 is 5.32 Å². The third kappa shape index (κ3) is 3.74. The minimum Gasteiger partial charge on any atom is -0.421 e. The lowest BCUT2D eigenvalue weighted by atomic mass is 10.3. The van der Waals surface area contributed by atoms with E-state index < -0.39 is 18.2 Å². The third-order valence-electron chi connectivity index (χ3n) is 2.76. The van der Waals surface area contributed by atoms with E-state index in [0.29, 0.717) is 11.8 Å². The highest BCUT2D eigenvalue weighted by Crippen LogP contribution is 2.20. The molecule has 8 nitrogen and oxygen atoms in total. The Morgan fingerprint density at radius 2 is 2.30 bits per heavy atom.